The third-order valence-electron chi connectivity index (χ3n) is 5.66. The minimum Gasteiger partial charge on any atom is -0.314 e. The Morgan fingerprint density at radius 1 is 1.11 bits per heavy atom. The van der Waals surface area contributed by atoms with E-state index in [4.69, 9.17) is 0 Å². The molecule has 1 aliphatic heterocycles. The molecule has 0 radical (unpaired) electrons. The van der Waals surface area contributed by atoms with Gasteiger partial charge >= 0.3 is 0 Å². The molecule has 2 aliphatic carbocycles. The molecule has 2 N–H and O–H groups in total. The van der Waals surface area contributed by atoms with Crippen molar-refractivity contribution in [2.24, 2.45) is 0 Å². The highest BCUT2D eigenvalue weighted by molar-refractivity contribution is 4.93. The second-order valence-electron chi connectivity index (χ2n) is 7.01. The van der Waals surface area contributed by atoms with Crippen molar-refractivity contribution in [3.8, 4) is 0 Å². The number of likely N-dealkylation sites (tertiary alicyclic amines) is 1. The van der Waals surface area contributed by atoms with Gasteiger partial charge in [-0.25, -0.2) is 0 Å². The Morgan fingerprint density at radius 3 is 2.58 bits per heavy atom. The van der Waals surface area contributed by atoms with Crippen molar-refractivity contribution < 1.29 is 0 Å². The fourth-order valence-electron chi connectivity index (χ4n) is 4.09. The molecule has 2 saturated carbocycles. The number of hydrogen-bond donors (Lipinski definition) is 2. The second-order valence-corrected chi connectivity index (χ2v) is 7.01. The van der Waals surface area contributed by atoms with Crippen LogP contribution in [0.15, 0.2) is 0 Å². The average Bonchev–Trinajstić information content (AvgIpc) is 3.20. The van der Waals surface area contributed by atoms with Gasteiger partial charge in [-0.15, -0.1) is 0 Å². The van der Waals surface area contributed by atoms with Gasteiger partial charge in [-0.3, -0.25) is 4.90 Å². The summed E-state index contributed by atoms with van der Waals surface area (Å²) in [6, 6.07) is 1.71. The van der Waals surface area contributed by atoms with Gasteiger partial charge in [0.2, 0.25) is 0 Å². The molecule has 0 aromatic rings. The molecule has 19 heavy (non-hydrogen) atoms. The van der Waals surface area contributed by atoms with Gasteiger partial charge in [0, 0.05) is 30.7 Å². The van der Waals surface area contributed by atoms with E-state index in [1.807, 2.05) is 0 Å². The van der Waals surface area contributed by atoms with E-state index in [1.165, 1.54) is 77.4 Å². The molecule has 0 amide bonds. The van der Waals surface area contributed by atoms with E-state index in [0.717, 1.165) is 12.1 Å². The fraction of sp³-hybridized carbons (Fsp3) is 1.00. The molecule has 0 spiro atoms. The van der Waals surface area contributed by atoms with Crippen molar-refractivity contribution >= 4 is 0 Å². The maximum atomic E-state index is 3.82. The van der Waals surface area contributed by atoms with Crippen LogP contribution >= 0.6 is 0 Å². The van der Waals surface area contributed by atoms with Crippen LogP contribution in [-0.4, -0.2) is 49.2 Å². The Kier molecular flexibility index (Phi) is 4.45. The van der Waals surface area contributed by atoms with E-state index in [9.17, 15) is 0 Å². The number of nitrogens with zero attached hydrogens (tertiary/aromatic N) is 1. The first-order valence-electron chi connectivity index (χ1n) is 8.48. The molecule has 1 heterocycles. The molecule has 3 aliphatic rings. The monoisotopic (exact) mass is 265 g/mol. The van der Waals surface area contributed by atoms with Crippen LogP contribution in [-0.2, 0) is 0 Å². The van der Waals surface area contributed by atoms with Crippen molar-refractivity contribution in [1.82, 2.24) is 15.5 Å². The zero-order valence-corrected chi connectivity index (χ0v) is 12.6. The Balaban J connectivity index is 1.37. The Morgan fingerprint density at radius 2 is 1.89 bits per heavy atom. The summed E-state index contributed by atoms with van der Waals surface area (Å²) in [7, 11) is 2.16. The standard InChI is InChI=1S/C16H31N3/c1-17-16(8-3-2-4-9-16)10-11-18-14-7-12-19(13-14)15-5-6-15/h14-15,17-18H,2-13H2,1H3. The predicted octanol–water partition coefficient (Wildman–Crippen LogP) is 2.13. The molecule has 110 valence electrons. The van der Waals surface area contributed by atoms with Crippen LogP contribution in [0.25, 0.3) is 0 Å². The van der Waals surface area contributed by atoms with Gasteiger partial charge in [-0.1, -0.05) is 19.3 Å². The lowest BCUT2D eigenvalue weighted by Crippen LogP contribution is -2.47. The molecule has 3 fully saturated rings. The van der Waals surface area contributed by atoms with Crippen molar-refractivity contribution in [3.63, 3.8) is 0 Å². The predicted molar refractivity (Wildman–Crippen MR) is 80.5 cm³/mol. The van der Waals surface area contributed by atoms with Gasteiger partial charge in [0.05, 0.1) is 0 Å². The van der Waals surface area contributed by atoms with E-state index in [0.29, 0.717) is 5.54 Å². The molecule has 3 heteroatoms. The van der Waals surface area contributed by atoms with Crippen LogP contribution in [0, 0.1) is 0 Å². The quantitative estimate of drug-likeness (QED) is 0.770. The number of nitrogens with one attached hydrogen (secondary N) is 2. The molecule has 0 aromatic carbocycles. The Bertz CT molecular complexity index is 282. The topological polar surface area (TPSA) is 27.3 Å². The van der Waals surface area contributed by atoms with E-state index in [1.54, 1.807) is 0 Å². The van der Waals surface area contributed by atoms with E-state index < -0.39 is 0 Å². The summed E-state index contributed by atoms with van der Waals surface area (Å²) in [5.74, 6) is 0. The van der Waals surface area contributed by atoms with Crippen LogP contribution < -0.4 is 10.6 Å². The highest BCUT2D eigenvalue weighted by Gasteiger charge is 2.34. The molecule has 1 atom stereocenters. The maximum absolute atomic E-state index is 3.82. The lowest BCUT2D eigenvalue weighted by atomic mass is 9.79. The summed E-state index contributed by atoms with van der Waals surface area (Å²) >= 11 is 0. The Labute approximate surface area is 118 Å². The molecule has 1 saturated heterocycles. The zero-order valence-electron chi connectivity index (χ0n) is 12.6. The molecule has 0 aromatic heterocycles. The van der Waals surface area contributed by atoms with Crippen LogP contribution in [0.1, 0.15) is 57.8 Å². The first-order valence-corrected chi connectivity index (χ1v) is 8.48. The Hall–Kier alpha value is -0.120. The largest absolute Gasteiger partial charge is 0.314 e. The van der Waals surface area contributed by atoms with Gasteiger partial charge in [0.1, 0.15) is 0 Å². The van der Waals surface area contributed by atoms with E-state index >= 15 is 0 Å². The van der Waals surface area contributed by atoms with Crippen LogP contribution in [0.4, 0.5) is 0 Å². The van der Waals surface area contributed by atoms with Crippen molar-refractivity contribution in [1.29, 1.82) is 0 Å². The van der Waals surface area contributed by atoms with Gasteiger partial charge < -0.3 is 10.6 Å². The first kappa shape index (κ1) is 13.8. The van der Waals surface area contributed by atoms with Crippen molar-refractivity contribution in [2.75, 3.05) is 26.7 Å². The fourth-order valence-corrected chi connectivity index (χ4v) is 4.09. The van der Waals surface area contributed by atoms with Gasteiger partial charge in [0.25, 0.3) is 0 Å². The van der Waals surface area contributed by atoms with Gasteiger partial charge in [-0.2, -0.15) is 0 Å². The third-order valence-corrected chi connectivity index (χ3v) is 5.66. The molecule has 0 bridgehead atoms. The normalized spacial score (nSPS) is 31.7. The highest BCUT2D eigenvalue weighted by atomic mass is 15.2. The average molecular weight is 265 g/mol. The van der Waals surface area contributed by atoms with Gasteiger partial charge in [-0.05, 0) is 52.1 Å². The lowest BCUT2D eigenvalue weighted by Gasteiger charge is -2.37. The maximum Gasteiger partial charge on any atom is 0.0207 e. The van der Waals surface area contributed by atoms with Crippen LogP contribution in [0.2, 0.25) is 0 Å². The lowest BCUT2D eigenvalue weighted by molar-refractivity contribution is 0.225. The molecule has 1 unspecified atom stereocenters. The summed E-state index contributed by atoms with van der Waals surface area (Å²) in [4.78, 5) is 2.70. The molecule has 3 rings (SSSR count). The summed E-state index contributed by atoms with van der Waals surface area (Å²) < 4.78 is 0. The molecular weight excluding hydrogens is 234 g/mol. The summed E-state index contributed by atoms with van der Waals surface area (Å²) in [6.45, 7) is 3.83. The van der Waals surface area contributed by atoms with Gasteiger partial charge in [0.15, 0.2) is 0 Å². The first-order chi connectivity index (χ1) is 9.31. The van der Waals surface area contributed by atoms with E-state index in [-0.39, 0.29) is 0 Å². The summed E-state index contributed by atoms with van der Waals surface area (Å²) in [6.07, 6.45) is 12.6. The second kappa shape index (κ2) is 6.11. The highest BCUT2D eigenvalue weighted by Crippen LogP contribution is 2.31. The van der Waals surface area contributed by atoms with Crippen LogP contribution in [0.3, 0.4) is 0 Å². The number of rotatable bonds is 6. The minimum absolute atomic E-state index is 0.444. The van der Waals surface area contributed by atoms with Crippen LogP contribution in [0.5, 0.6) is 0 Å². The number of hydrogen-bond acceptors (Lipinski definition) is 3. The van der Waals surface area contributed by atoms with E-state index in [2.05, 4.69) is 22.6 Å². The SMILES string of the molecule is CNC1(CCNC2CCN(C3CC3)C2)CCCCC1. The molecule has 3 nitrogen and oxygen atoms in total. The van der Waals surface area contributed by atoms with Crippen molar-refractivity contribution in [2.45, 2.75) is 75.4 Å². The third kappa shape index (κ3) is 3.50. The summed E-state index contributed by atoms with van der Waals surface area (Å²) in [5.41, 5.74) is 0.444. The van der Waals surface area contributed by atoms with Crippen molar-refractivity contribution in [3.05, 3.63) is 0 Å². The zero-order chi connectivity index (χ0) is 13.1. The minimum atomic E-state index is 0.444. The smallest absolute Gasteiger partial charge is 0.0207 e. The molecular formula is C16H31N3. The summed E-state index contributed by atoms with van der Waals surface area (Å²) in [5, 5.41) is 7.45.